The minimum absolute atomic E-state index is 0.134. The van der Waals surface area contributed by atoms with Crippen LogP contribution in [0.1, 0.15) is 10.4 Å². The van der Waals surface area contributed by atoms with E-state index in [1.807, 2.05) is 0 Å². The summed E-state index contributed by atoms with van der Waals surface area (Å²) in [6.07, 6.45) is 1.25. The molecule has 0 saturated heterocycles. The Balaban J connectivity index is 1.66. The van der Waals surface area contributed by atoms with Gasteiger partial charge in [0.05, 0.1) is 26.1 Å². The molecule has 0 unspecified atom stereocenters. The van der Waals surface area contributed by atoms with Crippen molar-refractivity contribution in [2.45, 2.75) is 10.1 Å². The fourth-order valence-electron chi connectivity index (χ4n) is 2.22. The summed E-state index contributed by atoms with van der Waals surface area (Å²) in [4.78, 5) is 38.8. The third kappa shape index (κ3) is 5.10. The molecule has 30 heavy (non-hydrogen) atoms. The van der Waals surface area contributed by atoms with Crippen molar-refractivity contribution < 1.29 is 23.6 Å². The van der Waals surface area contributed by atoms with Crippen LogP contribution < -0.4 is 5.32 Å². The third-order valence-electron chi connectivity index (χ3n) is 3.55. The molecule has 1 amide bonds. The van der Waals surface area contributed by atoms with Crippen LogP contribution in [0.25, 0.3) is 0 Å². The highest BCUT2D eigenvalue weighted by Crippen LogP contribution is 2.33. The third-order valence-corrected chi connectivity index (χ3v) is 4.80. The van der Waals surface area contributed by atoms with E-state index in [9.17, 15) is 24.1 Å². The second-order valence-electron chi connectivity index (χ2n) is 5.56. The van der Waals surface area contributed by atoms with Crippen molar-refractivity contribution in [3.63, 3.8) is 0 Å². The van der Waals surface area contributed by atoms with Crippen molar-refractivity contribution in [2.24, 2.45) is 0 Å². The van der Waals surface area contributed by atoms with Gasteiger partial charge in [-0.2, -0.15) is 5.10 Å². The molecular formula is C17H11ClFN5O5S. The Morgan fingerprint density at radius 3 is 2.83 bits per heavy atom. The Labute approximate surface area is 176 Å². The summed E-state index contributed by atoms with van der Waals surface area (Å²) in [7, 11) is 0. The lowest BCUT2D eigenvalue weighted by atomic mass is 10.2. The van der Waals surface area contributed by atoms with Gasteiger partial charge < -0.3 is 10.1 Å². The molecule has 0 spiro atoms. The van der Waals surface area contributed by atoms with Gasteiger partial charge in [0.25, 0.3) is 11.6 Å². The first-order valence-corrected chi connectivity index (χ1v) is 9.27. The highest BCUT2D eigenvalue weighted by Gasteiger charge is 2.21. The molecule has 154 valence electrons. The average molecular weight is 452 g/mol. The van der Waals surface area contributed by atoms with Gasteiger partial charge in [0.15, 0.2) is 17.6 Å². The second kappa shape index (κ2) is 9.33. The minimum atomic E-state index is -0.962. The number of hydrogen-bond donors (Lipinski definition) is 2. The zero-order chi connectivity index (χ0) is 21.7. The topological polar surface area (TPSA) is 140 Å². The summed E-state index contributed by atoms with van der Waals surface area (Å²) < 4.78 is 18.6. The number of nitrogens with one attached hydrogen (secondary N) is 2. The normalized spacial score (nSPS) is 10.5. The molecule has 0 radical (unpaired) electrons. The zero-order valence-corrected chi connectivity index (χ0v) is 16.4. The summed E-state index contributed by atoms with van der Waals surface area (Å²) in [6.45, 7) is -0.729. The molecule has 0 fully saturated rings. The number of H-pyrrole nitrogens is 1. The number of aromatic nitrogens is 3. The van der Waals surface area contributed by atoms with Gasteiger partial charge in [-0.1, -0.05) is 17.7 Å². The van der Waals surface area contributed by atoms with Crippen LogP contribution in [0, 0.1) is 15.9 Å². The number of aromatic amines is 1. The second-order valence-corrected chi connectivity index (χ2v) is 7.00. The highest BCUT2D eigenvalue weighted by atomic mass is 35.5. The molecule has 1 aromatic heterocycles. The predicted molar refractivity (Wildman–Crippen MR) is 104 cm³/mol. The van der Waals surface area contributed by atoms with Crippen LogP contribution in [0.15, 0.2) is 52.8 Å². The Kier molecular flexibility index (Phi) is 6.59. The summed E-state index contributed by atoms with van der Waals surface area (Å²) in [6, 6.07) is 7.71. The number of benzene rings is 2. The van der Waals surface area contributed by atoms with E-state index in [4.69, 9.17) is 16.3 Å². The van der Waals surface area contributed by atoms with E-state index < -0.39 is 29.2 Å². The first-order valence-electron chi connectivity index (χ1n) is 8.08. The summed E-state index contributed by atoms with van der Waals surface area (Å²) in [5.74, 6) is -2.60. The van der Waals surface area contributed by atoms with Crippen LogP contribution in [0.5, 0.6) is 0 Å². The number of rotatable bonds is 7. The van der Waals surface area contributed by atoms with Gasteiger partial charge in [-0.3, -0.25) is 20.0 Å². The first kappa shape index (κ1) is 21.2. The van der Waals surface area contributed by atoms with E-state index in [0.29, 0.717) is 5.16 Å². The van der Waals surface area contributed by atoms with Crippen LogP contribution in [0.2, 0.25) is 5.02 Å². The van der Waals surface area contributed by atoms with Gasteiger partial charge in [-0.15, -0.1) is 0 Å². The van der Waals surface area contributed by atoms with E-state index in [1.165, 1.54) is 36.7 Å². The molecule has 2 N–H and O–H groups in total. The smallest absolute Gasteiger partial charge is 0.338 e. The number of amides is 1. The minimum Gasteiger partial charge on any atom is -0.452 e. The van der Waals surface area contributed by atoms with E-state index in [1.54, 1.807) is 0 Å². The summed E-state index contributed by atoms with van der Waals surface area (Å²) >= 11 is 6.58. The molecule has 13 heteroatoms. The van der Waals surface area contributed by atoms with E-state index in [0.717, 1.165) is 17.8 Å². The number of esters is 1. The van der Waals surface area contributed by atoms with Gasteiger partial charge in [0.1, 0.15) is 6.33 Å². The molecule has 2 aromatic carbocycles. The summed E-state index contributed by atoms with van der Waals surface area (Å²) in [5.41, 5.74) is -0.658. The first-order chi connectivity index (χ1) is 14.3. The number of ether oxygens (including phenoxy) is 1. The van der Waals surface area contributed by atoms with Gasteiger partial charge in [-0.05, 0) is 36.0 Å². The zero-order valence-electron chi connectivity index (χ0n) is 14.8. The molecule has 3 rings (SSSR count). The number of hydrogen-bond acceptors (Lipinski definition) is 8. The maximum absolute atomic E-state index is 13.8. The van der Waals surface area contributed by atoms with Crippen molar-refractivity contribution >= 4 is 46.6 Å². The molecule has 0 saturated carbocycles. The molecular weight excluding hydrogens is 441 g/mol. The molecule has 0 aliphatic heterocycles. The quantitative estimate of drug-likeness (QED) is 0.316. The monoisotopic (exact) mass is 451 g/mol. The van der Waals surface area contributed by atoms with Crippen LogP contribution in [-0.4, -0.2) is 38.6 Å². The van der Waals surface area contributed by atoms with Crippen LogP contribution in [-0.2, 0) is 9.53 Å². The van der Waals surface area contributed by atoms with Gasteiger partial charge >= 0.3 is 5.97 Å². The fourth-order valence-corrected chi connectivity index (χ4v) is 3.18. The summed E-state index contributed by atoms with van der Waals surface area (Å²) in [5, 5.41) is 19.9. The van der Waals surface area contributed by atoms with Crippen molar-refractivity contribution in [2.75, 3.05) is 11.9 Å². The Morgan fingerprint density at radius 1 is 1.33 bits per heavy atom. The number of nitro groups is 1. The largest absolute Gasteiger partial charge is 0.452 e. The van der Waals surface area contributed by atoms with E-state index >= 15 is 0 Å². The number of carbonyl (C=O) groups is 2. The Hall–Kier alpha value is -3.51. The molecule has 10 nitrogen and oxygen atoms in total. The van der Waals surface area contributed by atoms with Crippen LogP contribution >= 0.6 is 23.4 Å². The molecule has 3 aromatic rings. The van der Waals surface area contributed by atoms with Crippen molar-refractivity contribution in [1.82, 2.24) is 15.2 Å². The average Bonchev–Trinajstić information content (AvgIpc) is 3.23. The molecule has 0 atom stereocenters. The number of nitrogens with zero attached hydrogens (tertiary/aromatic N) is 3. The lowest BCUT2D eigenvalue weighted by molar-refractivity contribution is -0.387. The fraction of sp³-hybridized carbons (Fsp3) is 0.0588. The van der Waals surface area contributed by atoms with E-state index in [2.05, 4.69) is 20.5 Å². The maximum Gasteiger partial charge on any atom is 0.338 e. The van der Waals surface area contributed by atoms with Gasteiger partial charge in [0, 0.05) is 6.07 Å². The van der Waals surface area contributed by atoms with Gasteiger partial charge in [0.2, 0.25) is 0 Å². The van der Waals surface area contributed by atoms with Crippen molar-refractivity contribution in [3.05, 3.63) is 69.2 Å². The predicted octanol–water partition coefficient (Wildman–Crippen LogP) is 3.45. The molecule has 1 heterocycles. The lowest BCUT2D eigenvalue weighted by Crippen LogP contribution is -2.21. The number of anilines is 1. The maximum atomic E-state index is 13.8. The van der Waals surface area contributed by atoms with Crippen LogP contribution in [0.3, 0.4) is 0 Å². The molecule has 0 bridgehead atoms. The lowest BCUT2D eigenvalue weighted by Gasteiger charge is -2.08. The van der Waals surface area contributed by atoms with Crippen LogP contribution in [0.4, 0.5) is 15.8 Å². The van der Waals surface area contributed by atoms with Gasteiger partial charge in [-0.25, -0.2) is 14.2 Å². The number of carbonyl (C=O) groups excluding carboxylic acids is 2. The van der Waals surface area contributed by atoms with E-state index in [-0.39, 0.29) is 26.9 Å². The number of nitro benzene ring substituents is 1. The SMILES string of the molecule is O=C(COC(=O)c1ccc(Sc2ncn[nH]2)c([N+](=O)[O-])c1)Nc1cccc(Cl)c1F. The Morgan fingerprint density at radius 2 is 2.13 bits per heavy atom. The highest BCUT2D eigenvalue weighted by molar-refractivity contribution is 7.99. The molecule has 0 aliphatic carbocycles. The standard InChI is InChI=1S/C17H11ClFN5O5S/c18-10-2-1-3-11(15(10)19)22-14(25)7-29-16(26)9-4-5-13(12(6-9)24(27)28)30-17-20-8-21-23-17/h1-6,8H,7H2,(H,22,25)(H,20,21,23). The Bertz CT molecular complexity index is 1110. The number of halogens is 2. The van der Waals surface area contributed by atoms with Crippen molar-refractivity contribution in [3.8, 4) is 0 Å². The van der Waals surface area contributed by atoms with Crippen molar-refractivity contribution in [1.29, 1.82) is 0 Å². The molecule has 0 aliphatic rings.